The first kappa shape index (κ1) is 14.2. The molecule has 2 aliphatic rings. The van der Waals surface area contributed by atoms with Gasteiger partial charge < -0.3 is 4.90 Å². The molecular weight excluding hydrogens is 311 g/mol. The Bertz CT molecular complexity index is 301. The van der Waals surface area contributed by atoms with E-state index in [0.717, 1.165) is 30.6 Å². The summed E-state index contributed by atoms with van der Waals surface area (Å²) in [6.45, 7) is -0.984. The molecule has 2 aliphatic carbocycles. The zero-order chi connectivity index (χ0) is 13.3. The summed E-state index contributed by atoms with van der Waals surface area (Å²) in [6.07, 6.45) is -0.306. The summed E-state index contributed by atoms with van der Waals surface area (Å²) in [5.74, 6) is 0.260. The molecule has 0 aromatic rings. The van der Waals surface area contributed by atoms with Crippen molar-refractivity contribution in [2.75, 3.05) is 18.4 Å². The van der Waals surface area contributed by atoms with Gasteiger partial charge in [-0.05, 0) is 37.5 Å². The molecule has 0 bridgehead atoms. The van der Waals surface area contributed by atoms with Crippen molar-refractivity contribution in [1.29, 1.82) is 0 Å². The Kier molecular flexibility index (Phi) is 4.24. The van der Waals surface area contributed by atoms with Gasteiger partial charge in [0.25, 0.3) is 0 Å². The minimum Gasteiger partial charge on any atom is -0.332 e. The van der Waals surface area contributed by atoms with Gasteiger partial charge in [0, 0.05) is 17.8 Å². The normalized spacial score (nSPS) is 20.3. The molecule has 0 N–H and O–H groups in total. The molecule has 0 radical (unpaired) electrons. The third kappa shape index (κ3) is 3.87. The predicted molar refractivity (Wildman–Crippen MR) is 65.4 cm³/mol. The van der Waals surface area contributed by atoms with E-state index in [1.807, 2.05) is 0 Å². The minimum atomic E-state index is -4.31. The maximum Gasteiger partial charge on any atom is 0.406 e. The van der Waals surface area contributed by atoms with Gasteiger partial charge in [-0.2, -0.15) is 13.2 Å². The first-order valence-electron chi connectivity index (χ1n) is 6.34. The molecule has 0 aromatic carbocycles. The summed E-state index contributed by atoms with van der Waals surface area (Å²) in [5, 5.41) is 0.386. The lowest BCUT2D eigenvalue weighted by molar-refractivity contribution is -0.164. The van der Waals surface area contributed by atoms with Crippen molar-refractivity contribution >= 4 is 21.8 Å². The van der Waals surface area contributed by atoms with Crippen molar-refractivity contribution in [3.05, 3.63) is 0 Å². The molecule has 0 atom stereocenters. The highest BCUT2D eigenvalue weighted by atomic mass is 79.9. The molecule has 0 saturated heterocycles. The summed E-state index contributed by atoms with van der Waals surface area (Å²) in [6, 6.07) is 0. The molecule has 18 heavy (non-hydrogen) atoms. The maximum atomic E-state index is 12.5. The number of nitrogens with zero attached hydrogens (tertiary/aromatic N) is 1. The van der Waals surface area contributed by atoms with Crippen LogP contribution in [0.4, 0.5) is 13.2 Å². The molecule has 2 nitrogen and oxygen atoms in total. The van der Waals surface area contributed by atoms with Crippen LogP contribution in [0.15, 0.2) is 0 Å². The van der Waals surface area contributed by atoms with Gasteiger partial charge in [-0.1, -0.05) is 15.9 Å². The largest absolute Gasteiger partial charge is 0.406 e. The first-order valence-corrected chi connectivity index (χ1v) is 7.46. The van der Waals surface area contributed by atoms with E-state index in [4.69, 9.17) is 0 Å². The Morgan fingerprint density at radius 1 is 1.22 bits per heavy atom. The van der Waals surface area contributed by atoms with E-state index < -0.39 is 12.7 Å². The molecule has 1 amide bonds. The SMILES string of the molecule is O=C(C(C1CC1)C1CC1)N(CCBr)CC(F)(F)F. The summed E-state index contributed by atoms with van der Waals surface area (Å²) >= 11 is 3.12. The molecule has 0 unspecified atom stereocenters. The van der Waals surface area contributed by atoms with Gasteiger partial charge in [0.15, 0.2) is 0 Å². The average molecular weight is 328 g/mol. The van der Waals surface area contributed by atoms with Gasteiger partial charge in [-0.3, -0.25) is 4.79 Å². The van der Waals surface area contributed by atoms with Crippen LogP contribution in [-0.2, 0) is 4.79 Å². The van der Waals surface area contributed by atoms with E-state index in [9.17, 15) is 18.0 Å². The lowest BCUT2D eigenvalue weighted by Crippen LogP contribution is -2.44. The molecule has 0 spiro atoms. The molecule has 0 aromatic heterocycles. The molecule has 2 fully saturated rings. The highest BCUT2D eigenvalue weighted by Gasteiger charge is 2.48. The maximum absolute atomic E-state index is 12.5. The topological polar surface area (TPSA) is 20.3 Å². The van der Waals surface area contributed by atoms with Crippen LogP contribution < -0.4 is 0 Å². The second kappa shape index (κ2) is 5.39. The Morgan fingerprint density at radius 3 is 2.06 bits per heavy atom. The molecule has 0 heterocycles. The number of halogens is 4. The predicted octanol–water partition coefficient (Wildman–Crippen LogP) is 3.21. The Morgan fingerprint density at radius 2 is 1.72 bits per heavy atom. The van der Waals surface area contributed by atoms with Crippen molar-refractivity contribution in [3.63, 3.8) is 0 Å². The standard InChI is InChI=1S/C12H17BrF3NO/c13-5-6-17(7-12(14,15)16)11(18)10(8-1-2-8)9-3-4-9/h8-10H,1-7H2. The van der Waals surface area contributed by atoms with Crippen LogP contribution >= 0.6 is 15.9 Å². The zero-order valence-corrected chi connectivity index (χ0v) is 11.6. The van der Waals surface area contributed by atoms with Crippen LogP contribution in [0.2, 0.25) is 0 Å². The molecule has 2 saturated carbocycles. The number of hydrogen-bond acceptors (Lipinski definition) is 1. The summed E-state index contributed by atoms with van der Waals surface area (Å²) in [7, 11) is 0. The van der Waals surface area contributed by atoms with E-state index >= 15 is 0 Å². The lowest BCUT2D eigenvalue weighted by Gasteiger charge is -2.27. The fourth-order valence-electron chi connectivity index (χ4n) is 2.50. The van der Waals surface area contributed by atoms with Gasteiger partial charge in [-0.15, -0.1) is 0 Å². The number of alkyl halides is 4. The van der Waals surface area contributed by atoms with Gasteiger partial charge in [-0.25, -0.2) is 0 Å². The third-order valence-electron chi connectivity index (χ3n) is 3.58. The monoisotopic (exact) mass is 327 g/mol. The molecule has 104 valence electrons. The quantitative estimate of drug-likeness (QED) is 0.686. The Hall–Kier alpha value is -0.260. The van der Waals surface area contributed by atoms with Crippen molar-refractivity contribution in [1.82, 2.24) is 4.90 Å². The summed E-state index contributed by atoms with van der Waals surface area (Å²) in [4.78, 5) is 13.3. The molecular formula is C12H17BrF3NO. The smallest absolute Gasteiger partial charge is 0.332 e. The highest BCUT2D eigenvalue weighted by Crippen LogP contribution is 2.50. The van der Waals surface area contributed by atoms with Crippen LogP contribution in [0.3, 0.4) is 0 Å². The Balaban J connectivity index is 2.01. The van der Waals surface area contributed by atoms with Gasteiger partial charge >= 0.3 is 6.18 Å². The second-order valence-electron chi connectivity index (χ2n) is 5.26. The lowest BCUT2D eigenvalue weighted by atomic mass is 9.96. The highest BCUT2D eigenvalue weighted by molar-refractivity contribution is 9.09. The number of rotatable bonds is 6. The van der Waals surface area contributed by atoms with Crippen LogP contribution in [0, 0.1) is 17.8 Å². The zero-order valence-electron chi connectivity index (χ0n) is 10.0. The fourth-order valence-corrected chi connectivity index (χ4v) is 2.92. The van der Waals surface area contributed by atoms with E-state index in [-0.39, 0.29) is 18.4 Å². The van der Waals surface area contributed by atoms with Crippen LogP contribution in [0.5, 0.6) is 0 Å². The van der Waals surface area contributed by atoms with Crippen molar-refractivity contribution in [3.8, 4) is 0 Å². The Labute approximate surface area is 113 Å². The van der Waals surface area contributed by atoms with Crippen LogP contribution in [0.1, 0.15) is 25.7 Å². The van der Waals surface area contributed by atoms with Gasteiger partial charge in [0.05, 0.1) is 0 Å². The van der Waals surface area contributed by atoms with Crippen LogP contribution in [0.25, 0.3) is 0 Å². The first-order chi connectivity index (χ1) is 8.42. The average Bonchev–Trinajstić information content (AvgIpc) is 3.09. The number of hydrogen-bond donors (Lipinski definition) is 0. The van der Waals surface area contributed by atoms with E-state index in [2.05, 4.69) is 15.9 Å². The van der Waals surface area contributed by atoms with E-state index in [1.54, 1.807) is 0 Å². The van der Waals surface area contributed by atoms with E-state index in [1.165, 1.54) is 0 Å². The van der Waals surface area contributed by atoms with Crippen molar-refractivity contribution < 1.29 is 18.0 Å². The van der Waals surface area contributed by atoms with Gasteiger partial charge in [0.2, 0.25) is 5.91 Å². The fraction of sp³-hybridized carbons (Fsp3) is 0.917. The molecule has 2 rings (SSSR count). The summed E-state index contributed by atoms with van der Waals surface area (Å²) in [5.41, 5.74) is 0. The number of carbonyl (C=O) groups is 1. The van der Waals surface area contributed by atoms with E-state index in [0.29, 0.717) is 17.2 Å². The number of amides is 1. The summed E-state index contributed by atoms with van der Waals surface area (Å²) < 4.78 is 37.4. The van der Waals surface area contributed by atoms with Gasteiger partial charge in [0.1, 0.15) is 6.54 Å². The minimum absolute atomic E-state index is 0.133. The van der Waals surface area contributed by atoms with Crippen LogP contribution in [-0.4, -0.2) is 35.4 Å². The molecule has 0 aliphatic heterocycles. The third-order valence-corrected chi connectivity index (χ3v) is 3.94. The number of carbonyl (C=O) groups excluding carboxylic acids is 1. The molecule has 6 heteroatoms. The second-order valence-corrected chi connectivity index (χ2v) is 6.06. The van der Waals surface area contributed by atoms with Crippen molar-refractivity contribution in [2.45, 2.75) is 31.9 Å². The van der Waals surface area contributed by atoms with Crippen molar-refractivity contribution in [2.24, 2.45) is 17.8 Å².